The first-order valence-corrected chi connectivity index (χ1v) is 39.9. The van der Waals surface area contributed by atoms with Crippen LogP contribution >= 0.6 is 46.7 Å². The van der Waals surface area contributed by atoms with E-state index >= 15 is 4.57 Å². The fraction of sp³-hybridized carbons (Fsp3) is 0.912. The summed E-state index contributed by atoms with van der Waals surface area (Å²) in [4.78, 5) is 89.4. The van der Waals surface area contributed by atoms with Crippen LogP contribution in [0.2, 0.25) is 0 Å². The molecule has 0 aromatic heterocycles. The van der Waals surface area contributed by atoms with Crippen LogP contribution in [0.25, 0.3) is 0 Å². The van der Waals surface area contributed by atoms with E-state index in [-0.39, 0.29) is 36.5 Å². The van der Waals surface area contributed by atoms with Gasteiger partial charge in [0.05, 0.1) is 0 Å². The van der Waals surface area contributed by atoms with Gasteiger partial charge in [0.15, 0.2) is 0 Å². The van der Waals surface area contributed by atoms with Crippen molar-refractivity contribution in [1.29, 1.82) is 0 Å². The van der Waals surface area contributed by atoms with Gasteiger partial charge in [0.2, 0.25) is 0 Å². The topological polar surface area (TPSA) is 942 Å². The Morgan fingerprint density at radius 3 is 1.02 bits per heavy atom. The standard InChI is InChI=1S/C34H62O83P6/c1-18(2)7-6-8-19(3)23-11-12-24-22-10-9-20-17-21(13-15-33(20,4)25(22)14-16-34(23,24)5)53-32(35)59-118(40,41)31-29(55-120(45,46)47)27(54-119(42,43)44)26(57-122(51,114-110-106-102-98-94-90-86-82-78-74-70-66-62-38)115-111-107-103-100-96-92-88-84-80-76-72-68-64-60-36)28(30(31)56-121(48,49)50)58-123(52,116-112-108-104-99-95-91-87-83-79-75-71-67-63-39)117-113-109-105-101-97-93-89-85-81-77-73-69-65-61-37/h9,18-19,21-31,36-39H,6-8,10-17H2,1-5H3,(H,40,41)(H2,42,43,44)(H2,45,46,47)(H2,48,49,50)/t19-,21-,22?,23?,24?,25?,26?,27?,28?,29?,30?,31?,33?,34?,122?,123?/m0/s1. The molecule has 15 unspecified atom stereocenters. The van der Waals surface area contributed by atoms with E-state index in [2.05, 4.69) is 332 Å². The highest BCUT2D eigenvalue weighted by molar-refractivity contribution is 7.54. The first kappa shape index (κ1) is 111. The minimum absolute atomic E-state index is 0.0263. The summed E-state index contributed by atoms with van der Waals surface area (Å²) in [5.74, 6) is 2.13. The number of allylic oxidation sites excluding steroid dienone is 1. The van der Waals surface area contributed by atoms with E-state index in [0.717, 1.165) is 50.5 Å². The Morgan fingerprint density at radius 2 is 0.691 bits per heavy atom. The zero-order valence-electron chi connectivity index (χ0n) is 59.9. The van der Waals surface area contributed by atoms with Crippen LogP contribution in [0.15, 0.2) is 11.6 Å². The molecule has 17 atom stereocenters. The second-order valence-electron chi connectivity index (χ2n) is 22.9. The van der Waals surface area contributed by atoms with Crippen LogP contribution in [0.4, 0.5) is 4.79 Å². The summed E-state index contributed by atoms with van der Waals surface area (Å²) in [7, 11) is -42.0. The van der Waals surface area contributed by atoms with Gasteiger partial charge in [-0.15, -0.1) is 0 Å². The van der Waals surface area contributed by atoms with Crippen LogP contribution < -0.4 is 0 Å². The lowest BCUT2D eigenvalue weighted by Gasteiger charge is -2.58. The average Bonchev–Trinajstić information content (AvgIpc) is 1.71. The lowest BCUT2D eigenvalue weighted by molar-refractivity contribution is -0.882. The molecule has 0 aliphatic heterocycles. The zero-order chi connectivity index (χ0) is 90.1. The molecule has 83 nitrogen and oxygen atoms in total. The highest BCUT2D eigenvalue weighted by Gasteiger charge is 2.68. The van der Waals surface area contributed by atoms with E-state index < -0.39 is 101 Å². The summed E-state index contributed by atoms with van der Waals surface area (Å²) < 4.78 is 135. The molecule has 4 fully saturated rings. The van der Waals surface area contributed by atoms with E-state index in [0.29, 0.717) is 30.1 Å². The third-order valence-corrected chi connectivity index (χ3v) is 21.5. The van der Waals surface area contributed by atoms with Crippen LogP contribution in [0, 0.1) is 46.3 Å². The number of fused-ring (bicyclic) bond motifs is 5. The molecule has 89 heteroatoms. The highest BCUT2D eigenvalue weighted by atomic mass is 31.2. The molecule has 11 N–H and O–H groups in total. The third-order valence-electron chi connectivity index (χ3n) is 16.2. The van der Waals surface area contributed by atoms with Gasteiger partial charge in [-0.1, -0.05) is 84.2 Å². The fourth-order valence-corrected chi connectivity index (χ4v) is 17.9. The molecule has 0 radical (unpaired) electrons. The van der Waals surface area contributed by atoms with Crippen LogP contribution in [0.3, 0.4) is 0 Å². The van der Waals surface area contributed by atoms with E-state index in [1.165, 1.54) is 0 Å². The van der Waals surface area contributed by atoms with Gasteiger partial charge in [-0.2, -0.15) is 0 Å². The maximum Gasteiger partial charge on any atom is 0.534 e. The van der Waals surface area contributed by atoms with E-state index in [4.69, 9.17) is 39.3 Å². The summed E-state index contributed by atoms with van der Waals surface area (Å²) in [6.45, 7) is 11.0. The summed E-state index contributed by atoms with van der Waals surface area (Å²) in [6, 6.07) is 0. The molecule has 0 saturated heterocycles. The minimum Gasteiger partial charge on any atom is -0.430 e. The van der Waals surface area contributed by atoms with Crippen LogP contribution in [-0.2, 0) is 350 Å². The molecule has 5 rings (SSSR count). The molecule has 4 saturated carbocycles. The molecule has 5 aliphatic carbocycles. The normalized spacial score (nSPS) is 26.2. The van der Waals surface area contributed by atoms with E-state index in [9.17, 15) is 61.9 Å². The summed E-state index contributed by atoms with van der Waals surface area (Å²) in [5.41, 5.74) is -3.73. The van der Waals surface area contributed by atoms with Gasteiger partial charge in [0, 0.05) is 6.42 Å². The van der Waals surface area contributed by atoms with Gasteiger partial charge in [-0.05, 0) is 363 Å². The Bertz CT molecular complexity index is 3150. The smallest absolute Gasteiger partial charge is 0.430 e. The maximum atomic E-state index is 15.3. The van der Waals surface area contributed by atoms with Gasteiger partial charge in [-0.3, -0.25) is 22.6 Å². The zero-order valence-corrected chi connectivity index (χ0v) is 65.2. The minimum atomic E-state index is -7.14. The Kier molecular flexibility index (Phi) is 53.9. The number of hydrogen-bond acceptors (Lipinski definition) is 76. The third kappa shape index (κ3) is 43.1. The van der Waals surface area contributed by atoms with Crippen molar-refractivity contribution in [2.45, 2.75) is 148 Å². The van der Waals surface area contributed by atoms with Gasteiger partial charge in [0.25, 0.3) is 0 Å². The Balaban J connectivity index is 1.56. The van der Waals surface area contributed by atoms with E-state index in [1.807, 2.05) is 13.0 Å². The molecule has 5 aliphatic rings. The monoisotopic (exact) mass is 1980 g/mol. The first-order chi connectivity index (χ1) is 58.7. The second kappa shape index (κ2) is 59.8. The molecule has 0 aromatic carbocycles. The van der Waals surface area contributed by atoms with Crippen molar-refractivity contribution in [3.8, 4) is 0 Å². The predicted molar refractivity (Wildman–Crippen MR) is 287 cm³/mol. The summed E-state index contributed by atoms with van der Waals surface area (Å²) in [5, 5.41) is 221. The highest BCUT2D eigenvalue weighted by Crippen LogP contribution is 2.69. The molecule has 123 heavy (non-hydrogen) atoms. The number of carbonyl (C=O) groups excluding carboxylic acids is 1. The van der Waals surface area contributed by atoms with Crippen molar-refractivity contribution in [3.05, 3.63) is 11.6 Å². The van der Waals surface area contributed by atoms with Crippen molar-refractivity contribution in [2.75, 3.05) is 0 Å². The fourth-order valence-electron chi connectivity index (χ4n) is 12.8. The molecular formula is C34H62O83P6. The second-order valence-corrected chi connectivity index (χ2v) is 31.2. The molecular weight excluding hydrogens is 1920 g/mol. The van der Waals surface area contributed by atoms with Gasteiger partial charge >= 0.3 is 52.9 Å². The Labute approximate surface area is 667 Å². The lowest BCUT2D eigenvalue weighted by atomic mass is 9.47. The molecule has 0 bridgehead atoms. The first-order valence-electron chi connectivity index (χ1n) is 30.7. The molecule has 0 aromatic rings. The summed E-state index contributed by atoms with van der Waals surface area (Å²) in [6.07, 6.45) is -14.2. The van der Waals surface area contributed by atoms with Crippen LogP contribution in [-0.4, -0.2) is 104 Å². The van der Waals surface area contributed by atoms with Gasteiger partial charge < -0.3 is 43.5 Å². The van der Waals surface area contributed by atoms with Crippen molar-refractivity contribution in [1.82, 2.24) is 0 Å². The summed E-state index contributed by atoms with van der Waals surface area (Å²) >= 11 is 0. The molecule has 726 valence electrons. The quantitative estimate of drug-likeness (QED) is 0.0103. The molecule has 0 heterocycles. The van der Waals surface area contributed by atoms with Crippen LogP contribution in [0.1, 0.15) is 105 Å². The molecule has 0 amide bonds. The number of ether oxygens (including phenoxy) is 1. The van der Waals surface area contributed by atoms with Crippen molar-refractivity contribution < 1.29 is 410 Å². The number of hydrogen-bond donors (Lipinski definition) is 11. The lowest BCUT2D eigenvalue weighted by Crippen LogP contribution is -2.66. The number of phosphoric ester groups is 3. The average molecular weight is 1980 g/mol. The predicted octanol–water partition coefficient (Wildman–Crippen LogP) is 3.80. The maximum absolute atomic E-state index is 15.3. The van der Waals surface area contributed by atoms with Crippen molar-refractivity contribution in [3.63, 3.8) is 0 Å². The number of carbonyl (C=O) groups is 1. The Hall–Kier alpha value is -2.57. The Morgan fingerprint density at radius 1 is 0.382 bits per heavy atom. The van der Waals surface area contributed by atoms with Crippen molar-refractivity contribution in [2.24, 2.45) is 46.3 Å². The number of phosphoric acid groups is 5. The van der Waals surface area contributed by atoms with E-state index in [1.54, 1.807) is 0 Å². The molecule has 0 spiro atoms. The van der Waals surface area contributed by atoms with Crippen LogP contribution in [0.5, 0.6) is 0 Å². The van der Waals surface area contributed by atoms with Gasteiger partial charge in [0.1, 0.15) is 42.3 Å². The number of rotatable bonds is 76. The van der Waals surface area contributed by atoms with Gasteiger partial charge in [-0.25, -0.2) is 53.2 Å². The SMILES string of the molecule is CC(C)CCC[C@H](C)C1CCC2C3CC=C4C[C@@H](OC(=O)OP(=O)(O)C5C(OP(=O)(O)O)C(OP(=O)(O)O)C(OP(=O)(OOOOOOOOOOOOOOO)OOOOOOOOOOOOOOOO)C(OP(=O)(OOOOOOOOOOOOOOO)OOOOOOOOOOOOOOOO)C5OP(=O)(O)O)CCC4(C)C3CCC21C. The largest absolute Gasteiger partial charge is 0.534 e. The van der Waals surface area contributed by atoms with Crippen molar-refractivity contribution >= 4 is 52.9 Å².